The quantitative estimate of drug-likeness (QED) is 0.799. The summed E-state index contributed by atoms with van der Waals surface area (Å²) in [5.41, 5.74) is 1.64. The first-order valence-corrected chi connectivity index (χ1v) is 6.36. The Balaban J connectivity index is 2.52. The van der Waals surface area contributed by atoms with Crippen LogP contribution in [-0.4, -0.2) is 10.8 Å². The lowest BCUT2D eigenvalue weighted by Crippen LogP contribution is -2.12. The summed E-state index contributed by atoms with van der Waals surface area (Å²) in [6.45, 7) is 4.09. The zero-order valence-corrected chi connectivity index (χ0v) is 10.8. The molecule has 2 nitrogen and oxygen atoms in total. The first-order valence-electron chi connectivity index (χ1n) is 5.98. The van der Waals surface area contributed by atoms with Crippen LogP contribution >= 0.6 is 11.6 Å². The Morgan fingerprint density at radius 3 is 2.71 bits per heavy atom. The largest absolute Gasteiger partial charge is 0.360 e. The van der Waals surface area contributed by atoms with Gasteiger partial charge in [0.2, 0.25) is 0 Å². The van der Waals surface area contributed by atoms with Crippen LogP contribution in [0.25, 0.3) is 10.9 Å². The van der Waals surface area contributed by atoms with Crippen LogP contribution in [0.2, 0.25) is 5.02 Å². The fraction of sp³-hybridized carbons (Fsp3) is 0.357. The van der Waals surface area contributed by atoms with Crippen molar-refractivity contribution in [3.05, 3.63) is 35.0 Å². The van der Waals surface area contributed by atoms with E-state index in [0.717, 1.165) is 29.3 Å². The van der Waals surface area contributed by atoms with Crippen molar-refractivity contribution < 1.29 is 4.79 Å². The summed E-state index contributed by atoms with van der Waals surface area (Å²) in [5, 5.41) is 1.49. The van der Waals surface area contributed by atoms with E-state index in [1.807, 2.05) is 32.0 Å². The Bertz CT molecular complexity index is 540. The van der Waals surface area contributed by atoms with Gasteiger partial charge in [0.05, 0.1) is 5.02 Å². The summed E-state index contributed by atoms with van der Waals surface area (Å²) in [4.78, 5) is 15.5. The van der Waals surface area contributed by atoms with Gasteiger partial charge in [-0.1, -0.05) is 31.5 Å². The Labute approximate surface area is 106 Å². The number of fused-ring (bicyclic) bond motifs is 1. The standard InChI is InChI=1S/C14H16ClNO/c1-3-9(4-2)14(17)10-8-16-12-7-5-6-11(15)13(10)12/h5-9,16H,3-4H2,1-2H3. The van der Waals surface area contributed by atoms with E-state index < -0.39 is 0 Å². The maximum absolute atomic E-state index is 12.4. The second-order valence-electron chi connectivity index (χ2n) is 4.24. The predicted octanol–water partition coefficient (Wildman–Crippen LogP) is 4.44. The Morgan fingerprint density at radius 2 is 2.06 bits per heavy atom. The molecule has 0 aliphatic rings. The molecule has 0 spiro atoms. The van der Waals surface area contributed by atoms with E-state index in [4.69, 9.17) is 11.6 Å². The van der Waals surface area contributed by atoms with Gasteiger partial charge >= 0.3 is 0 Å². The minimum atomic E-state index is 0.0882. The summed E-state index contributed by atoms with van der Waals surface area (Å²) in [7, 11) is 0. The highest BCUT2D eigenvalue weighted by Gasteiger charge is 2.20. The molecule has 0 atom stereocenters. The summed E-state index contributed by atoms with van der Waals surface area (Å²) < 4.78 is 0. The molecule has 0 unspecified atom stereocenters. The fourth-order valence-electron chi connectivity index (χ4n) is 2.21. The molecule has 1 heterocycles. The number of hydrogen-bond donors (Lipinski definition) is 1. The first-order chi connectivity index (χ1) is 8.19. The number of ketones is 1. The molecule has 0 radical (unpaired) electrons. The molecule has 0 amide bonds. The van der Waals surface area contributed by atoms with Crippen LogP contribution in [0.1, 0.15) is 37.0 Å². The molecular weight excluding hydrogens is 234 g/mol. The smallest absolute Gasteiger partial charge is 0.168 e. The van der Waals surface area contributed by atoms with Gasteiger partial charge in [0.15, 0.2) is 5.78 Å². The number of aromatic amines is 1. The van der Waals surface area contributed by atoms with Gasteiger partial charge in [-0.15, -0.1) is 0 Å². The maximum Gasteiger partial charge on any atom is 0.168 e. The second kappa shape index (κ2) is 4.92. The van der Waals surface area contributed by atoms with Crippen LogP contribution in [0.5, 0.6) is 0 Å². The van der Waals surface area contributed by atoms with Gasteiger partial charge in [0.1, 0.15) is 0 Å². The van der Waals surface area contributed by atoms with Crippen LogP contribution in [0, 0.1) is 5.92 Å². The number of aromatic nitrogens is 1. The monoisotopic (exact) mass is 249 g/mol. The van der Waals surface area contributed by atoms with E-state index in [0.29, 0.717) is 5.02 Å². The van der Waals surface area contributed by atoms with Crippen molar-refractivity contribution >= 4 is 28.3 Å². The van der Waals surface area contributed by atoms with Gasteiger partial charge in [-0.2, -0.15) is 0 Å². The predicted molar refractivity (Wildman–Crippen MR) is 71.7 cm³/mol. The van der Waals surface area contributed by atoms with Gasteiger partial charge in [-0.3, -0.25) is 4.79 Å². The van der Waals surface area contributed by atoms with Crippen molar-refractivity contribution in [3.63, 3.8) is 0 Å². The molecule has 2 rings (SSSR count). The van der Waals surface area contributed by atoms with Crippen molar-refractivity contribution in [1.29, 1.82) is 0 Å². The average molecular weight is 250 g/mol. The van der Waals surface area contributed by atoms with Gasteiger partial charge in [0.25, 0.3) is 0 Å². The minimum Gasteiger partial charge on any atom is -0.360 e. The Hall–Kier alpha value is -1.28. The highest BCUT2D eigenvalue weighted by Crippen LogP contribution is 2.29. The second-order valence-corrected chi connectivity index (χ2v) is 4.65. The third kappa shape index (κ3) is 2.09. The highest BCUT2D eigenvalue weighted by molar-refractivity contribution is 6.36. The van der Waals surface area contributed by atoms with Crippen molar-refractivity contribution in [2.75, 3.05) is 0 Å². The number of hydrogen-bond acceptors (Lipinski definition) is 1. The van der Waals surface area contributed by atoms with Gasteiger partial charge in [0, 0.05) is 28.6 Å². The number of carbonyl (C=O) groups is 1. The molecule has 2 aromatic rings. The highest BCUT2D eigenvalue weighted by atomic mass is 35.5. The molecule has 1 aromatic heterocycles. The summed E-state index contributed by atoms with van der Waals surface area (Å²) in [6, 6.07) is 5.64. The molecule has 0 aliphatic heterocycles. The Morgan fingerprint density at radius 1 is 1.35 bits per heavy atom. The molecule has 3 heteroatoms. The molecular formula is C14H16ClNO. The zero-order chi connectivity index (χ0) is 12.4. The van der Waals surface area contributed by atoms with Crippen molar-refractivity contribution in [2.24, 2.45) is 5.92 Å². The van der Waals surface area contributed by atoms with Gasteiger partial charge in [-0.05, 0) is 25.0 Å². The van der Waals surface area contributed by atoms with Crippen LogP contribution in [0.3, 0.4) is 0 Å². The lowest BCUT2D eigenvalue weighted by Gasteiger charge is -2.10. The summed E-state index contributed by atoms with van der Waals surface area (Å²) >= 11 is 6.17. The van der Waals surface area contributed by atoms with E-state index in [1.54, 1.807) is 6.20 Å². The minimum absolute atomic E-state index is 0.0882. The number of benzene rings is 1. The van der Waals surface area contributed by atoms with E-state index >= 15 is 0 Å². The number of H-pyrrole nitrogens is 1. The molecule has 0 aliphatic carbocycles. The van der Waals surface area contributed by atoms with Crippen LogP contribution in [0.4, 0.5) is 0 Å². The molecule has 1 N–H and O–H groups in total. The topological polar surface area (TPSA) is 32.9 Å². The average Bonchev–Trinajstić information content (AvgIpc) is 2.75. The third-order valence-corrected chi connectivity index (χ3v) is 3.59. The number of carbonyl (C=O) groups excluding carboxylic acids is 1. The maximum atomic E-state index is 12.4. The molecule has 0 bridgehead atoms. The lowest BCUT2D eigenvalue weighted by atomic mass is 9.93. The van der Waals surface area contributed by atoms with Crippen LogP contribution in [-0.2, 0) is 0 Å². The van der Waals surface area contributed by atoms with Gasteiger partial charge in [-0.25, -0.2) is 0 Å². The van der Waals surface area contributed by atoms with E-state index in [2.05, 4.69) is 4.98 Å². The first kappa shape index (κ1) is 12.2. The van der Waals surface area contributed by atoms with E-state index in [1.165, 1.54) is 0 Å². The van der Waals surface area contributed by atoms with Crippen molar-refractivity contribution in [1.82, 2.24) is 4.98 Å². The number of nitrogens with one attached hydrogen (secondary N) is 1. The number of rotatable bonds is 4. The van der Waals surface area contributed by atoms with E-state index in [9.17, 15) is 4.79 Å². The lowest BCUT2D eigenvalue weighted by molar-refractivity contribution is 0.0915. The number of Topliss-reactive ketones (excluding diaryl/α,β-unsaturated/α-hetero) is 1. The van der Waals surface area contributed by atoms with Crippen molar-refractivity contribution in [3.8, 4) is 0 Å². The Kier molecular flexibility index (Phi) is 3.53. The molecule has 1 aromatic carbocycles. The molecule has 0 saturated heterocycles. The van der Waals surface area contributed by atoms with Crippen molar-refractivity contribution in [2.45, 2.75) is 26.7 Å². The van der Waals surface area contributed by atoms with Gasteiger partial charge < -0.3 is 4.98 Å². The third-order valence-electron chi connectivity index (χ3n) is 3.28. The van der Waals surface area contributed by atoms with Crippen LogP contribution in [0.15, 0.2) is 24.4 Å². The van der Waals surface area contributed by atoms with Crippen LogP contribution < -0.4 is 0 Å². The normalized spacial score (nSPS) is 11.3. The summed E-state index contributed by atoms with van der Waals surface area (Å²) in [5.74, 6) is 0.277. The van der Waals surface area contributed by atoms with E-state index in [-0.39, 0.29) is 11.7 Å². The SMILES string of the molecule is CCC(CC)C(=O)c1c[nH]c2cccc(Cl)c12. The number of halogens is 1. The molecule has 0 saturated carbocycles. The zero-order valence-electron chi connectivity index (χ0n) is 10.1. The molecule has 90 valence electrons. The fourth-order valence-corrected chi connectivity index (χ4v) is 2.49. The molecule has 0 fully saturated rings. The summed E-state index contributed by atoms with van der Waals surface area (Å²) in [6.07, 6.45) is 3.51. The molecule has 17 heavy (non-hydrogen) atoms.